The van der Waals surface area contributed by atoms with E-state index in [0.717, 1.165) is 25.9 Å². The van der Waals surface area contributed by atoms with E-state index in [1.807, 2.05) is 0 Å². The van der Waals surface area contributed by atoms with Gasteiger partial charge in [0.05, 0.1) is 12.5 Å². The molecule has 2 N–H and O–H groups in total. The number of nitrogens with one attached hydrogen (secondary N) is 2. The van der Waals surface area contributed by atoms with E-state index in [1.54, 1.807) is 14.2 Å². The minimum atomic E-state index is -0.118. The van der Waals surface area contributed by atoms with Gasteiger partial charge in [-0.2, -0.15) is 0 Å². The molecule has 1 heterocycles. The van der Waals surface area contributed by atoms with Gasteiger partial charge in [-0.3, -0.25) is 9.59 Å². The third-order valence-electron chi connectivity index (χ3n) is 3.01. The standard InChI is InChI=1S/C12H23N3O3.ClH/c1-15(12(17)10-4-6-13-8-10)9-11(16)14-5-3-7-18-2;/h10,13H,3-9H2,1-2H3,(H,14,16);1H. The lowest BCUT2D eigenvalue weighted by atomic mass is 10.1. The van der Waals surface area contributed by atoms with Gasteiger partial charge >= 0.3 is 0 Å². The highest BCUT2D eigenvalue weighted by Crippen LogP contribution is 2.10. The first-order valence-electron chi connectivity index (χ1n) is 6.36. The van der Waals surface area contributed by atoms with Crippen LogP contribution in [0.5, 0.6) is 0 Å². The number of rotatable bonds is 7. The zero-order valence-corrected chi connectivity index (χ0v) is 12.4. The van der Waals surface area contributed by atoms with Gasteiger partial charge in [-0.05, 0) is 19.4 Å². The van der Waals surface area contributed by atoms with Crippen molar-refractivity contribution in [2.75, 3.05) is 46.9 Å². The lowest BCUT2D eigenvalue weighted by molar-refractivity contribution is -0.137. The number of amides is 2. The minimum absolute atomic E-state index is 0. The molecule has 0 saturated carbocycles. The topological polar surface area (TPSA) is 70.7 Å². The predicted octanol–water partition coefficient (Wildman–Crippen LogP) is -0.371. The molecule has 0 bridgehead atoms. The quantitative estimate of drug-likeness (QED) is 0.628. The molecule has 2 amide bonds. The molecule has 1 unspecified atom stereocenters. The van der Waals surface area contributed by atoms with Crippen LogP contribution in [0.2, 0.25) is 0 Å². The van der Waals surface area contributed by atoms with Crippen molar-refractivity contribution in [2.45, 2.75) is 12.8 Å². The first-order valence-corrected chi connectivity index (χ1v) is 6.36. The van der Waals surface area contributed by atoms with Crippen LogP contribution in [0.3, 0.4) is 0 Å². The molecule has 112 valence electrons. The summed E-state index contributed by atoms with van der Waals surface area (Å²) in [6.45, 7) is 2.94. The number of carbonyl (C=O) groups is 2. The van der Waals surface area contributed by atoms with Gasteiger partial charge in [0, 0.05) is 33.9 Å². The second-order valence-corrected chi connectivity index (χ2v) is 4.58. The van der Waals surface area contributed by atoms with Crippen LogP contribution in [0, 0.1) is 5.92 Å². The molecule has 0 aromatic carbocycles. The van der Waals surface area contributed by atoms with E-state index in [4.69, 9.17) is 4.74 Å². The minimum Gasteiger partial charge on any atom is -0.385 e. The maximum absolute atomic E-state index is 11.9. The Kier molecular flexibility index (Phi) is 9.55. The van der Waals surface area contributed by atoms with E-state index in [0.29, 0.717) is 13.2 Å². The molecule has 1 fully saturated rings. The van der Waals surface area contributed by atoms with Gasteiger partial charge < -0.3 is 20.3 Å². The lowest BCUT2D eigenvalue weighted by Crippen LogP contribution is -2.41. The van der Waals surface area contributed by atoms with E-state index in [2.05, 4.69) is 10.6 Å². The molecular weight excluding hydrogens is 270 g/mol. The van der Waals surface area contributed by atoms with E-state index >= 15 is 0 Å². The summed E-state index contributed by atoms with van der Waals surface area (Å²) < 4.78 is 4.89. The molecule has 1 atom stereocenters. The Morgan fingerprint density at radius 1 is 1.47 bits per heavy atom. The largest absolute Gasteiger partial charge is 0.385 e. The molecule has 6 nitrogen and oxygen atoms in total. The van der Waals surface area contributed by atoms with Gasteiger partial charge in [0.1, 0.15) is 0 Å². The van der Waals surface area contributed by atoms with Crippen LogP contribution in [0.4, 0.5) is 0 Å². The molecule has 0 aromatic rings. The van der Waals surface area contributed by atoms with E-state index in [9.17, 15) is 9.59 Å². The highest BCUT2D eigenvalue weighted by atomic mass is 35.5. The van der Waals surface area contributed by atoms with Crippen LogP contribution in [0.25, 0.3) is 0 Å². The van der Waals surface area contributed by atoms with E-state index in [-0.39, 0.29) is 36.7 Å². The molecular formula is C12H24ClN3O3. The number of methoxy groups -OCH3 is 1. The summed E-state index contributed by atoms with van der Waals surface area (Å²) in [4.78, 5) is 25.0. The van der Waals surface area contributed by atoms with Gasteiger partial charge in [0.25, 0.3) is 0 Å². The summed E-state index contributed by atoms with van der Waals surface area (Å²) in [7, 11) is 3.30. The molecule has 0 aromatic heterocycles. The highest BCUT2D eigenvalue weighted by Gasteiger charge is 2.25. The number of hydrogen-bond donors (Lipinski definition) is 2. The SMILES string of the molecule is COCCCNC(=O)CN(C)C(=O)C1CCNC1.Cl. The van der Waals surface area contributed by atoms with Crippen LogP contribution < -0.4 is 10.6 Å². The first-order chi connectivity index (χ1) is 8.65. The fourth-order valence-electron chi connectivity index (χ4n) is 1.97. The summed E-state index contributed by atoms with van der Waals surface area (Å²) in [5.74, 6) is -0.0451. The van der Waals surface area contributed by atoms with Gasteiger partial charge in [0.15, 0.2) is 0 Å². The summed E-state index contributed by atoms with van der Waals surface area (Å²) in [5.41, 5.74) is 0. The van der Waals surface area contributed by atoms with Crippen molar-refractivity contribution in [3.8, 4) is 0 Å². The number of likely N-dealkylation sites (N-methyl/N-ethyl adjacent to an activating group) is 1. The Labute approximate surface area is 120 Å². The van der Waals surface area contributed by atoms with Crippen molar-refractivity contribution in [3.05, 3.63) is 0 Å². The summed E-state index contributed by atoms with van der Waals surface area (Å²) >= 11 is 0. The van der Waals surface area contributed by atoms with Gasteiger partial charge in [-0.1, -0.05) is 0 Å². The second-order valence-electron chi connectivity index (χ2n) is 4.58. The van der Waals surface area contributed by atoms with Crippen LogP contribution in [0.1, 0.15) is 12.8 Å². The molecule has 0 aliphatic carbocycles. The Bertz CT molecular complexity index is 283. The second kappa shape index (κ2) is 10.00. The van der Waals surface area contributed by atoms with Crippen molar-refractivity contribution >= 4 is 24.2 Å². The third kappa shape index (κ3) is 6.75. The zero-order valence-electron chi connectivity index (χ0n) is 11.6. The van der Waals surface area contributed by atoms with Crippen LogP contribution >= 0.6 is 12.4 Å². The molecule has 0 radical (unpaired) electrons. The summed E-state index contributed by atoms with van der Waals surface area (Å²) in [6.07, 6.45) is 1.64. The Morgan fingerprint density at radius 2 is 2.21 bits per heavy atom. The van der Waals surface area contributed by atoms with E-state index < -0.39 is 0 Å². The fourth-order valence-corrected chi connectivity index (χ4v) is 1.97. The highest BCUT2D eigenvalue weighted by molar-refractivity contribution is 5.86. The number of ether oxygens (including phenoxy) is 1. The summed E-state index contributed by atoms with van der Waals surface area (Å²) in [5, 5.41) is 5.91. The monoisotopic (exact) mass is 293 g/mol. The van der Waals surface area contributed by atoms with Crippen LogP contribution in [-0.2, 0) is 14.3 Å². The number of nitrogens with zero attached hydrogens (tertiary/aromatic N) is 1. The smallest absolute Gasteiger partial charge is 0.239 e. The molecule has 1 aliphatic rings. The van der Waals surface area contributed by atoms with Crippen molar-refractivity contribution in [3.63, 3.8) is 0 Å². The molecule has 1 rings (SSSR count). The number of carbonyl (C=O) groups excluding carboxylic acids is 2. The van der Waals surface area contributed by atoms with Crippen LogP contribution in [0.15, 0.2) is 0 Å². The number of hydrogen-bond acceptors (Lipinski definition) is 4. The maximum atomic E-state index is 11.9. The fraction of sp³-hybridized carbons (Fsp3) is 0.833. The first kappa shape index (κ1) is 18.1. The van der Waals surface area contributed by atoms with E-state index in [1.165, 1.54) is 4.90 Å². The van der Waals surface area contributed by atoms with Gasteiger partial charge in [-0.15, -0.1) is 12.4 Å². The van der Waals surface area contributed by atoms with Gasteiger partial charge in [0.2, 0.25) is 11.8 Å². The number of halogens is 1. The van der Waals surface area contributed by atoms with Crippen LogP contribution in [-0.4, -0.2) is 63.7 Å². The average Bonchev–Trinajstić information content (AvgIpc) is 2.87. The Balaban J connectivity index is 0.00000324. The molecule has 7 heteroatoms. The van der Waals surface area contributed by atoms with Crippen molar-refractivity contribution in [1.82, 2.24) is 15.5 Å². The van der Waals surface area contributed by atoms with Crippen molar-refractivity contribution < 1.29 is 14.3 Å². The Hall–Kier alpha value is -0.850. The van der Waals surface area contributed by atoms with Crippen molar-refractivity contribution in [2.24, 2.45) is 5.92 Å². The molecule has 1 aliphatic heterocycles. The molecule has 0 spiro atoms. The zero-order chi connectivity index (χ0) is 13.4. The molecule has 1 saturated heterocycles. The van der Waals surface area contributed by atoms with Crippen molar-refractivity contribution in [1.29, 1.82) is 0 Å². The lowest BCUT2D eigenvalue weighted by Gasteiger charge is -2.20. The maximum Gasteiger partial charge on any atom is 0.239 e. The molecule has 19 heavy (non-hydrogen) atoms. The normalized spacial score (nSPS) is 17.7. The Morgan fingerprint density at radius 3 is 2.79 bits per heavy atom. The third-order valence-corrected chi connectivity index (χ3v) is 3.01. The average molecular weight is 294 g/mol. The van der Waals surface area contributed by atoms with Gasteiger partial charge in [-0.25, -0.2) is 0 Å². The predicted molar refractivity (Wildman–Crippen MR) is 75.4 cm³/mol. The summed E-state index contributed by atoms with van der Waals surface area (Å²) in [6, 6.07) is 0.